The Morgan fingerprint density at radius 2 is 2.00 bits per heavy atom. The summed E-state index contributed by atoms with van der Waals surface area (Å²) in [6, 6.07) is 0. The van der Waals surface area contributed by atoms with E-state index in [0.717, 1.165) is 26.2 Å². The fourth-order valence-corrected chi connectivity index (χ4v) is 2.13. The second-order valence-corrected chi connectivity index (χ2v) is 4.38. The SMILES string of the molecule is CC(CC1OCCO1)C(=O)N1CCNCC1. The molecule has 0 aromatic heterocycles. The Morgan fingerprint density at radius 3 is 2.62 bits per heavy atom. The Hall–Kier alpha value is -0.650. The van der Waals surface area contributed by atoms with Crippen molar-refractivity contribution in [3.63, 3.8) is 0 Å². The number of hydrogen-bond donors (Lipinski definition) is 1. The van der Waals surface area contributed by atoms with Crippen LogP contribution in [0.4, 0.5) is 0 Å². The molecular formula is C11H20N2O3. The van der Waals surface area contributed by atoms with E-state index in [1.54, 1.807) is 0 Å². The summed E-state index contributed by atoms with van der Waals surface area (Å²) in [4.78, 5) is 14.0. The lowest BCUT2D eigenvalue weighted by Crippen LogP contribution is -2.48. The van der Waals surface area contributed by atoms with E-state index in [1.807, 2.05) is 11.8 Å². The lowest BCUT2D eigenvalue weighted by atomic mass is 10.1. The van der Waals surface area contributed by atoms with Crippen molar-refractivity contribution >= 4 is 5.91 Å². The standard InChI is InChI=1S/C11H20N2O3/c1-9(8-10-15-6-7-16-10)11(14)13-4-2-12-3-5-13/h9-10,12H,2-8H2,1H3. The van der Waals surface area contributed by atoms with Gasteiger partial charge in [-0.3, -0.25) is 4.79 Å². The molecule has 0 aromatic carbocycles. The van der Waals surface area contributed by atoms with Gasteiger partial charge in [-0.2, -0.15) is 0 Å². The third kappa shape index (κ3) is 2.93. The van der Waals surface area contributed by atoms with Gasteiger partial charge in [0.1, 0.15) is 0 Å². The second kappa shape index (κ2) is 5.61. The van der Waals surface area contributed by atoms with Crippen LogP contribution >= 0.6 is 0 Å². The van der Waals surface area contributed by atoms with Crippen LogP contribution in [-0.2, 0) is 14.3 Å². The molecule has 2 rings (SSSR count). The zero-order chi connectivity index (χ0) is 11.4. The lowest BCUT2D eigenvalue weighted by Gasteiger charge is -2.30. The molecule has 0 saturated carbocycles. The van der Waals surface area contributed by atoms with E-state index in [0.29, 0.717) is 19.6 Å². The number of nitrogens with one attached hydrogen (secondary N) is 1. The van der Waals surface area contributed by atoms with Gasteiger partial charge in [0, 0.05) is 38.5 Å². The summed E-state index contributed by atoms with van der Waals surface area (Å²) in [6.07, 6.45) is 0.491. The largest absolute Gasteiger partial charge is 0.350 e. The number of rotatable bonds is 3. The fourth-order valence-electron chi connectivity index (χ4n) is 2.13. The van der Waals surface area contributed by atoms with Gasteiger partial charge in [0.15, 0.2) is 6.29 Å². The summed E-state index contributed by atoms with van der Waals surface area (Å²) < 4.78 is 10.7. The number of hydrogen-bond acceptors (Lipinski definition) is 4. The minimum Gasteiger partial charge on any atom is -0.350 e. The number of amides is 1. The third-order valence-electron chi connectivity index (χ3n) is 3.09. The average molecular weight is 228 g/mol. The first kappa shape index (κ1) is 11.8. The van der Waals surface area contributed by atoms with Gasteiger partial charge in [-0.05, 0) is 0 Å². The molecule has 92 valence electrons. The highest BCUT2D eigenvalue weighted by Crippen LogP contribution is 2.16. The van der Waals surface area contributed by atoms with E-state index in [-0.39, 0.29) is 18.1 Å². The molecule has 0 aromatic rings. The van der Waals surface area contributed by atoms with Crippen molar-refractivity contribution in [1.29, 1.82) is 0 Å². The summed E-state index contributed by atoms with van der Waals surface area (Å²) in [5.41, 5.74) is 0. The molecule has 1 unspecified atom stereocenters. The van der Waals surface area contributed by atoms with Crippen LogP contribution in [0, 0.1) is 5.92 Å². The highest BCUT2D eigenvalue weighted by atomic mass is 16.7. The zero-order valence-corrected chi connectivity index (χ0v) is 9.78. The van der Waals surface area contributed by atoms with Crippen LogP contribution in [0.1, 0.15) is 13.3 Å². The molecule has 0 radical (unpaired) electrons. The van der Waals surface area contributed by atoms with Crippen LogP contribution < -0.4 is 5.32 Å². The Kier molecular flexibility index (Phi) is 4.15. The van der Waals surface area contributed by atoms with Crippen LogP contribution in [0.15, 0.2) is 0 Å². The van der Waals surface area contributed by atoms with Crippen LogP contribution in [0.3, 0.4) is 0 Å². The molecule has 0 spiro atoms. The van der Waals surface area contributed by atoms with Gasteiger partial charge in [-0.15, -0.1) is 0 Å². The van der Waals surface area contributed by atoms with Crippen molar-refractivity contribution in [2.24, 2.45) is 5.92 Å². The van der Waals surface area contributed by atoms with Crippen LogP contribution in [0.2, 0.25) is 0 Å². The first-order chi connectivity index (χ1) is 7.77. The predicted molar refractivity (Wildman–Crippen MR) is 58.9 cm³/mol. The van der Waals surface area contributed by atoms with E-state index >= 15 is 0 Å². The normalized spacial score (nSPS) is 24.7. The second-order valence-electron chi connectivity index (χ2n) is 4.38. The maximum Gasteiger partial charge on any atom is 0.225 e. The van der Waals surface area contributed by atoms with Crippen LogP contribution in [0.5, 0.6) is 0 Å². The topological polar surface area (TPSA) is 50.8 Å². The summed E-state index contributed by atoms with van der Waals surface area (Å²) in [5.74, 6) is 0.210. The van der Waals surface area contributed by atoms with Crippen molar-refractivity contribution < 1.29 is 14.3 Å². The van der Waals surface area contributed by atoms with E-state index in [4.69, 9.17) is 9.47 Å². The highest BCUT2D eigenvalue weighted by molar-refractivity contribution is 5.78. The Morgan fingerprint density at radius 1 is 1.38 bits per heavy atom. The Balaban J connectivity index is 1.78. The smallest absolute Gasteiger partial charge is 0.225 e. The zero-order valence-electron chi connectivity index (χ0n) is 9.78. The van der Waals surface area contributed by atoms with Gasteiger partial charge in [0.2, 0.25) is 5.91 Å². The molecule has 0 aliphatic carbocycles. The number of carbonyl (C=O) groups is 1. The summed E-state index contributed by atoms with van der Waals surface area (Å²) in [7, 11) is 0. The van der Waals surface area contributed by atoms with Crippen molar-refractivity contribution in [2.45, 2.75) is 19.6 Å². The van der Waals surface area contributed by atoms with Crippen molar-refractivity contribution in [3.05, 3.63) is 0 Å². The van der Waals surface area contributed by atoms with Crippen molar-refractivity contribution in [2.75, 3.05) is 39.4 Å². The molecule has 2 saturated heterocycles. The van der Waals surface area contributed by atoms with Gasteiger partial charge >= 0.3 is 0 Å². The quantitative estimate of drug-likeness (QED) is 0.728. The number of nitrogens with zero attached hydrogens (tertiary/aromatic N) is 1. The lowest BCUT2D eigenvalue weighted by molar-refractivity contribution is -0.139. The molecule has 2 fully saturated rings. The Labute approximate surface area is 96.1 Å². The van der Waals surface area contributed by atoms with Crippen LogP contribution in [0.25, 0.3) is 0 Å². The van der Waals surface area contributed by atoms with E-state index < -0.39 is 0 Å². The molecule has 5 heteroatoms. The number of piperazine rings is 1. The monoisotopic (exact) mass is 228 g/mol. The maximum absolute atomic E-state index is 12.1. The highest BCUT2D eigenvalue weighted by Gasteiger charge is 2.26. The summed E-state index contributed by atoms with van der Waals surface area (Å²) >= 11 is 0. The Bertz CT molecular complexity index is 235. The van der Waals surface area contributed by atoms with Gasteiger partial charge in [0.05, 0.1) is 13.2 Å². The van der Waals surface area contributed by atoms with Gasteiger partial charge in [0.25, 0.3) is 0 Å². The molecular weight excluding hydrogens is 208 g/mol. The first-order valence-electron chi connectivity index (χ1n) is 6.00. The van der Waals surface area contributed by atoms with Crippen molar-refractivity contribution in [3.8, 4) is 0 Å². The molecule has 2 heterocycles. The van der Waals surface area contributed by atoms with Crippen molar-refractivity contribution in [1.82, 2.24) is 10.2 Å². The molecule has 1 N–H and O–H groups in total. The predicted octanol–water partition coefficient (Wildman–Crippen LogP) is -0.183. The summed E-state index contributed by atoms with van der Waals surface area (Å²) in [6.45, 7) is 6.68. The number of carbonyl (C=O) groups excluding carboxylic acids is 1. The minimum atomic E-state index is -0.179. The fraction of sp³-hybridized carbons (Fsp3) is 0.909. The third-order valence-corrected chi connectivity index (χ3v) is 3.09. The molecule has 2 aliphatic rings. The number of ether oxygens (including phenoxy) is 2. The molecule has 0 bridgehead atoms. The molecule has 2 aliphatic heterocycles. The van der Waals surface area contributed by atoms with E-state index in [2.05, 4.69) is 5.32 Å². The molecule has 16 heavy (non-hydrogen) atoms. The van der Waals surface area contributed by atoms with E-state index in [1.165, 1.54) is 0 Å². The maximum atomic E-state index is 12.1. The minimum absolute atomic E-state index is 0.0128. The molecule has 1 atom stereocenters. The summed E-state index contributed by atoms with van der Waals surface area (Å²) in [5, 5.41) is 3.24. The van der Waals surface area contributed by atoms with Gasteiger partial charge in [-0.1, -0.05) is 6.92 Å². The van der Waals surface area contributed by atoms with Gasteiger partial charge in [-0.25, -0.2) is 0 Å². The first-order valence-corrected chi connectivity index (χ1v) is 6.00. The average Bonchev–Trinajstić information content (AvgIpc) is 2.82. The van der Waals surface area contributed by atoms with Gasteiger partial charge < -0.3 is 19.7 Å². The van der Waals surface area contributed by atoms with E-state index in [9.17, 15) is 4.79 Å². The van der Waals surface area contributed by atoms with Crippen LogP contribution in [-0.4, -0.2) is 56.5 Å². The molecule has 5 nitrogen and oxygen atoms in total. The molecule has 1 amide bonds.